The van der Waals surface area contributed by atoms with E-state index < -0.39 is 11.7 Å². The summed E-state index contributed by atoms with van der Waals surface area (Å²) in [6, 6.07) is 13.2. The fourth-order valence-corrected chi connectivity index (χ4v) is 6.14. The van der Waals surface area contributed by atoms with E-state index in [1.165, 1.54) is 6.07 Å². The van der Waals surface area contributed by atoms with Gasteiger partial charge < -0.3 is 15.1 Å². The van der Waals surface area contributed by atoms with Gasteiger partial charge in [-0.2, -0.15) is 13.2 Å². The molecule has 9 heteroatoms. The van der Waals surface area contributed by atoms with Crippen LogP contribution >= 0.6 is 11.3 Å². The van der Waals surface area contributed by atoms with Gasteiger partial charge >= 0.3 is 6.18 Å². The lowest BCUT2D eigenvalue weighted by Gasteiger charge is -2.41. The van der Waals surface area contributed by atoms with Crippen molar-refractivity contribution in [3.05, 3.63) is 75.7 Å². The molecule has 2 aliphatic heterocycles. The number of rotatable bonds is 5. The molecule has 2 fully saturated rings. The molecule has 1 atom stereocenters. The lowest BCUT2D eigenvalue weighted by Crippen LogP contribution is -2.62. The Balaban J connectivity index is 1.24. The normalized spacial score (nSPS) is 18.2. The van der Waals surface area contributed by atoms with Crippen molar-refractivity contribution in [3.63, 3.8) is 0 Å². The number of nitrogens with one attached hydrogen (secondary N) is 1. The van der Waals surface area contributed by atoms with E-state index in [1.807, 2.05) is 55.2 Å². The largest absolute Gasteiger partial charge is 0.416 e. The molecule has 0 radical (unpaired) electrons. The first-order chi connectivity index (χ1) is 17.6. The molecule has 5 rings (SSSR count). The van der Waals surface area contributed by atoms with E-state index in [0.717, 1.165) is 35.5 Å². The van der Waals surface area contributed by atoms with E-state index in [-0.39, 0.29) is 23.9 Å². The number of thiophene rings is 1. The van der Waals surface area contributed by atoms with Crippen LogP contribution in [0.25, 0.3) is 16.2 Å². The molecule has 0 unspecified atom stereocenters. The summed E-state index contributed by atoms with van der Waals surface area (Å²) < 4.78 is 40.2. The van der Waals surface area contributed by atoms with Gasteiger partial charge in [0.15, 0.2) is 0 Å². The monoisotopic (exact) mass is 527 g/mol. The molecule has 0 bridgehead atoms. The Kier molecular flexibility index (Phi) is 6.85. The second kappa shape index (κ2) is 9.95. The summed E-state index contributed by atoms with van der Waals surface area (Å²) in [5, 5.41) is 4.22. The van der Waals surface area contributed by atoms with Crippen molar-refractivity contribution < 1.29 is 22.8 Å². The van der Waals surface area contributed by atoms with E-state index in [9.17, 15) is 22.8 Å². The van der Waals surface area contributed by atoms with E-state index in [2.05, 4.69) is 5.32 Å². The predicted octanol–water partition coefficient (Wildman–Crippen LogP) is 5.67. The molecule has 0 saturated carbocycles. The number of carbonyl (C=O) groups is 2. The summed E-state index contributed by atoms with van der Waals surface area (Å²) in [6.07, 6.45) is -1.71. The SMILES string of the molecule is CC(C)=Cc1c(C(=O)N2CC(N[C@H]3CCN(C(=O)c4ccccc4)C3)C2)sc2cc(C(F)(F)F)ccc12. The fourth-order valence-electron chi connectivity index (χ4n) is 4.95. The zero-order valence-electron chi connectivity index (χ0n) is 20.6. The first-order valence-electron chi connectivity index (χ1n) is 12.3. The van der Waals surface area contributed by atoms with Crippen LogP contribution in [-0.2, 0) is 6.18 Å². The molecule has 0 spiro atoms. The molecule has 1 aromatic heterocycles. The number of allylic oxidation sites excluding steroid dienone is 1. The molecule has 194 valence electrons. The van der Waals surface area contributed by atoms with Crippen molar-refractivity contribution in [1.29, 1.82) is 0 Å². The number of likely N-dealkylation sites (tertiary alicyclic amines) is 2. The predicted molar refractivity (Wildman–Crippen MR) is 140 cm³/mol. The van der Waals surface area contributed by atoms with Crippen LogP contribution in [0.2, 0.25) is 0 Å². The minimum absolute atomic E-state index is 0.0283. The van der Waals surface area contributed by atoms with E-state index in [4.69, 9.17) is 0 Å². The highest BCUT2D eigenvalue weighted by atomic mass is 32.1. The van der Waals surface area contributed by atoms with E-state index >= 15 is 0 Å². The molecule has 3 heterocycles. The standard InChI is InChI=1S/C28H28F3N3O2S/c1-17(2)12-23-22-9-8-19(28(29,30)31)13-24(22)37-25(23)27(36)34-15-21(16-34)32-20-10-11-33(14-20)26(35)18-6-4-3-5-7-18/h3-9,12-13,20-21,32H,10-11,14-16H2,1-2H3/t20-/m0/s1. The highest BCUT2D eigenvalue weighted by Crippen LogP contribution is 2.38. The van der Waals surface area contributed by atoms with Crippen molar-refractivity contribution >= 4 is 39.3 Å². The third-order valence-electron chi connectivity index (χ3n) is 6.82. The minimum atomic E-state index is -4.43. The molecule has 2 aromatic carbocycles. The van der Waals surface area contributed by atoms with Gasteiger partial charge in [0, 0.05) is 59.5 Å². The van der Waals surface area contributed by atoms with Gasteiger partial charge in [-0.05, 0) is 44.5 Å². The van der Waals surface area contributed by atoms with Crippen molar-refractivity contribution in [3.8, 4) is 0 Å². The van der Waals surface area contributed by atoms with Crippen molar-refractivity contribution in [1.82, 2.24) is 15.1 Å². The molecule has 2 amide bonds. The Bertz CT molecular complexity index is 1360. The van der Waals surface area contributed by atoms with Crippen LogP contribution in [-0.4, -0.2) is 59.9 Å². The van der Waals surface area contributed by atoms with Crippen LogP contribution in [0.3, 0.4) is 0 Å². The first kappa shape index (κ1) is 25.5. The number of hydrogen-bond acceptors (Lipinski definition) is 4. The van der Waals surface area contributed by atoms with Gasteiger partial charge in [-0.3, -0.25) is 9.59 Å². The number of nitrogens with zero attached hydrogens (tertiary/aromatic N) is 2. The van der Waals surface area contributed by atoms with Gasteiger partial charge in [0.2, 0.25) is 0 Å². The number of amides is 2. The van der Waals surface area contributed by atoms with Gasteiger partial charge in [-0.15, -0.1) is 11.3 Å². The van der Waals surface area contributed by atoms with Crippen LogP contribution in [0, 0.1) is 0 Å². The summed E-state index contributed by atoms with van der Waals surface area (Å²) in [5.74, 6) is -0.131. The lowest BCUT2D eigenvalue weighted by atomic mass is 10.0. The molecular weight excluding hydrogens is 499 g/mol. The summed E-state index contributed by atoms with van der Waals surface area (Å²) >= 11 is 1.12. The molecule has 37 heavy (non-hydrogen) atoms. The zero-order valence-corrected chi connectivity index (χ0v) is 21.5. The smallest absolute Gasteiger partial charge is 0.337 e. The number of halogens is 3. The number of fused-ring (bicyclic) bond motifs is 1. The van der Waals surface area contributed by atoms with Crippen LogP contribution in [0.4, 0.5) is 13.2 Å². The van der Waals surface area contributed by atoms with Crippen molar-refractivity contribution in [2.75, 3.05) is 26.2 Å². The van der Waals surface area contributed by atoms with Gasteiger partial charge in [0.25, 0.3) is 11.8 Å². The minimum Gasteiger partial charge on any atom is -0.337 e. The summed E-state index contributed by atoms with van der Waals surface area (Å²) in [5.41, 5.74) is 1.61. The van der Waals surface area contributed by atoms with E-state index in [0.29, 0.717) is 52.3 Å². The Labute approximate surface area is 217 Å². The molecule has 5 nitrogen and oxygen atoms in total. The third kappa shape index (κ3) is 5.29. The molecular formula is C28H28F3N3O2S. The molecule has 2 aliphatic rings. The topological polar surface area (TPSA) is 52.7 Å². The molecule has 1 N–H and O–H groups in total. The van der Waals surface area contributed by atoms with Gasteiger partial charge in [-0.25, -0.2) is 0 Å². The quantitative estimate of drug-likeness (QED) is 0.465. The van der Waals surface area contributed by atoms with Gasteiger partial charge in [0.05, 0.1) is 5.56 Å². The Morgan fingerprint density at radius 2 is 1.68 bits per heavy atom. The summed E-state index contributed by atoms with van der Waals surface area (Å²) in [7, 11) is 0. The Morgan fingerprint density at radius 1 is 0.973 bits per heavy atom. The lowest BCUT2D eigenvalue weighted by molar-refractivity contribution is -0.137. The zero-order chi connectivity index (χ0) is 26.3. The maximum absolute atomic E-state index is 13.4. The highest BCUT2D eigenvalue weighted by Gasteiger charge is 2.37. The van der Waals surface area contributed by atoms with Crippen LogP contribution in [0.5, 0.6) is 0 Å². The average Bonchev–Trinajstić information content (AvgIpc) is 3.44. The fraction of sp³-hybridized carbons (Fsp3) is 0.357. The third-order valence-corrected chi connectivity index (χ3v) is 7.98. The van der Waals surface area contributed by atoms with Crippen molar-refractivity contribution in [2.24, 2.45) is 0 Å². The Hall–Kier alpha value is -3.17. The maximum Gasteiger partial charge on any atom is 0.416 e. The number of benzene rings is 2. The Morgan fingerprint density at radius 3 is 2.35 bits per heavy atom. The average molecular weight is 528 g/mol. The first-order valence-corrected chi connectivity index (χ1v) is 13.1. The molecule has 3 aromatic rings. The van der Waals surface area contributed by atoms with Crippen LogP contribution < -0.4 is 5.32 Å². The number of carbonyl (C=O) groups excluding carboxylic acids is 2. The molecule has 0 aliphatic carbocycles. The van der Waals surface area contributed by atoms with Crippen LogP contribution in [0.1, 0.15) is 51.4 Å². The van der Waals surface area contributed by atoms with E-state index in [1.54, 1.807) is 4.90 Å². The van der Waals surface area contributed by atoms with Crippen molar-refractivity contribution in [2.45, 2.75) is 38.5 Å². The van der Waals surface area contributed by atoms with Gasteiger partial charge in [0.1, 0.15) is 4.88 Å². The van der Waals surface area contributed by atoms with Crippen LogP contribution in [0.15, 0.2) is 54.1 Å². The second-order valence-electron chi connectivity index (χ2n) is 9.95. The number of alkyl halides is 3. The summed E-state index contributed by atoms with van der Waals surface area (Å²) in [6.45, 7) is 6.17. The maximum atomic E-state index is 13.4. The molecule has 2 saturated heterocycles. The second-order valence-corrected chi connectivity index (χ2v) is 11.0. The summed E-state index contributed by atoms with van der Waals surface area (Å²) in [4.78, 5) is 30.1. The highest BCUT2D eigenvalue weighted by molar-refractivity contribution is 7.21. The number of hydrogen-bond donors (Lipinski definition) is 1. The van der Waals surface area contributed by atoms with Gasteiger partial charge in [-0.1, -0.05) is 35.9 Å².